The fourth-order valence-corrected chi connectivity index (χ4v) is 5.47. The van der Waals surface area contributed by atoms with E-state index in [-0.39, 0.29) is 17.8 Å². The standard InChI is InChI=1S/C26H35FN6O/c1-4-28-23-14-22-21(15-30-23)25(18-6-5-13-32(3)16-18)31-33(22)19-7-9-20(10-8-19)34-26-24(27)17(2)11-12-29-26/h11-12,14-15,18-20H,4-10,13,16H2,1-3H3,(H,28,30). The van der Waals surface area contributed by atoms with Crippen LogP contribution in [-0.4, -0.2) is 57.4 Å². The molecule has 182 valence electrons. The van der Waals surface area contributed by atoms with Gasteiger partial charge in [-0.25, -0.2) is 14.4 Å². The minimum Gasteiger partial charge on any atom is -0.472 e. The van der Waals surface area contributed by atoms with E-state index in [0.717, 1.165) is 56.7 Å². The van der Waals surface area contributed by atoms with Gasteiger partial charge in [0.1, 0.15) is 11.9 Å². The van der Waals surface area contributed by atoms with Crippen LogP contribution in [0.2, 0.25) is 0 Å². The third kappa shape index (κ3) is 4.60. The second-order valence-corrected chi connectivity index (χ2v) is 9.84. The topological polar surface area (TPSA) is 68.1 Å². The van der Waals surface area contributed by atoms with E-state index in [2.05, 4.69) is 44.9 Å². The maximum absolute atomic E-state index is 14.4. The molecule has 8 heteroatoms. The average molecular weight is 467 g/mol. The second kappa shape index (κ2) is 9.86. The van der Waals surface area contributed by atoms with Crippen LogP contribution >= 0.6 is 0 Å². The van der Waals surface area contributed by atoms with Gasteiger partial charge in [0.2, 0.25) is 0 Å². The number of halogens is 1. The van der Waals surface area contributed by atoms with E-state index in [1.165, 1.54) is 23.9 Å². The number of aromatic nitrogens is 4. The Morgan fingerprint density at radius 1 is 1.18 bits per heavy atom. The number of anilines is 1. The minimum atomic E-state index is -0.353. The number of aryl methyl sites for hydroxylation is 1. The van der Waals surface area contributed by atoms with Gasteiger partial charge in [-0.05, 0) is 77.6 Å². The summed E-state index contributed by atoms with van der Waals surface area (Å²) < 4.78 is 22.6. The highest BCUT2D eigenvalue weighted by molar-refractivity contribution is 5.84. The lowest BCUT2D eigenvalue weighted by atomic mass is 9.92. The first-order valence-corrected chi connectivity index (χ1v) is 12.6. The van der Waals surface area contributed by atoms with Gasteiger partial charge in [0, 0.05) is 42.9 Å². The lowest BCUT2D eigenvalue weighted by Gasteiger charge is -2.30. The van der Waals surface area contributed by atoms with E-state index in [9.17, 15) is 4.39 Å². The van der Waals surface area contributed by atoms with Crippen molar-refractivity contribution in [2.24, 2.45) is 0 Å². The highest BCUT2D eigenvalue weighted by atomic mass is 19.1. The van der Waals surface area contributed by atoms with Crippen molar-refractivity contribution in [1.82, 2.24) is 24.6 Å². The van der Waals surface area contributed by atoms with Crippen molar-refractivity contribution >= 4 is 16.7 Å². The molecule has 1 saturated carbocycles. The molecular formula is C26H35FN6O. The fourth-order valence-electron chi connectivity index (χ4n) is 5.47. The summed E-state index contributed by atoms with van der Waals surface area (Å²) in [6, 6.07) is 4.11. The number of nitrogens with zero attached hydrogens (tertiary/aromatic N) is 5. The van der Waals surface area contributed by atoms with Gasteiger partial charge in [0.05, 0.1) is 17.3 Å². The van der Waals surface area contributed by atoms with E-state index in [1.54, 1.807) is 19.2 Å². The molecule has 1 N–H and O–H groups in total. The molecule has 1 unspecified atom stereocenters. The molecule has 1 aliphatic heterocycles. The van der Waals surface area contributed by atoms with E-state index >= 15 is 0 Å². The molecule has 0 aromatic carbocycles. The molecule has 1 saturated heterocycles. The molecule has 3 aromatic heterocycles. The van der Waals surface area contributed by atoms with Crippen molar-refractivity contribution in [3.05, 3.63) is 41.6 Å². The average Bonchev–Trinajstić information content (AvgIpc) is 3.22. The number of likely N-dealkylation sites (tertiary alicyclic amines) is 1. The molecule has 0 amide bonds. The summed E-state index contributed by atoms with van der Waals surface area (Å²) in [5.41, 5.74) is 2.90. The van der Waals surface area contributed by atoms with E-state index < -0.39 is 0 Å². The molecular weight excluding hydrogens is 431 g/mol. The van der Waals surface area contributed by atoms with E-state index in [0.29, 0.717) is 17.5 Å². The van der Waals surface area contributed by atoms with Gasteiger partial charge in [-0.15, -0.1) is 0 Å². The highest BCUT2D eigenvalue weighted by Crippen LogP contribution is 2.37. The van der Waals surface area contributed by atoms with Crippen molar-refractivity contribution in [1.29, 1.82) is 0 Å². The smallest absolute Gasteiger partial charge is 0.250 e. The number of fused-ring (bicyclic) bond motifs is 1. The Morgan fingerprint density at radius 2 is 2.00 bits per heavy atom. The number of likely N-dealkylation sites (N-methyl/N-ethyl adjacent to an activating group) is 1. The molecule has 1 aliphatic carbocycles. The fraction of sp³-hybridized carbons (Fsp3) is 0.577. The summed E-state index contributed by atoms with van der Waals surface area (Å²) in [5, 5.41) is 9.74. The van der Waals surface area contributed by atoms with Crippen LogP contribution in [0.4, 0.5) is 10.2 Å². The van der Waals surface area contributed by atoms with Crippen molar-refractivity contribution in [2.45, 2.75) is 70.4 Å². The van der Waals surface area contributed by atoms with Crippen LogP contribution in [-0.2, 0) is 0 Å². The third-order valence-corrected chi connectivity index (χ3v) is 7.31. The van der Waals surface area contributed by atoms with Crippen molar-refractivity contribution < 1.29 is 9.13 Å². The van der Waals surface area contributed by atoms with E-state index in [4.69, 9.17) is 9.84 Å². The van der Waals surface area contributed by atoms with Crippen LogP contribution < -0.4 is 10.1 Å². The van der Waals surface area contributed by atoms with Crippen LogP contribution in [0.25, 0.3) is 10.9 Å². The van der Waals surface area contributed by atoms with Crippen LogP contribution in [0, 0.1) is 12.7 Å². The Morgan fingerprint density at radius 3 is 2.76 bits per heavy atom. The lowest BCUT2D eigenvalue weighted by molar-refractivity contribution is 0.120. The minimum absolute atomic E-state index is 0.0210. The maximum Gasteiger partial charge on any atom is 0.250 e. The largest absolute Gasteiger partial charge is 0.472 e. The van der Waals surface area contributed by atoms with Crippen molar-refractivity contribution in [3.8, 4) is 5.88 Å². The summed E-state index contributed by atoms with van der Waals surface area (Å²) in [5.74, 6) is 1.09. The number of rotatable bonds is 6. The van der Waals surface area contributed by atoms with Crippen LogP contribution in [0.3, 0.4) is 0 Å². The molecule has 0 radical (unpaired) electrons. The molecule has 1 atom stereocenters. The molecule has 34 heavy (non-hydrogen) atoms. The zero-order chi connectivity index (χ0) is 23.7. The second-order valence-electron chi connectivity index (χ2n) is 9.84. The molecule has 0 spiro atoms. The molecule has 4 heterocycles. The Hall–Kier alpha value is -2.74. The van der Waals surface area contributed by atoms with Gasteiger partial charge < -0.3 is 15.0 Å². The van der Waals surface area contributed by atoms with Gasteiger partial charge in [0.25, 0.3) is 5.88 Å². The quantitative estimate of drug-likeness (QED) is 0.547. The number of piperidine rings is 1. The van der Waals surface area contributed by atoms with E-state index in [1.807, 2.05) is 6.20 Å². The Kier molecular flexibility index (Phi) is 6.68. The lowest BCUT2D eigenvalue weighted by Crippen LogP contribution is -2.31. The summed E-state index contributed by atoms with van der Waals surface area (Å²) in [7, 11) is 2.19. The van der Waals surface area contributed by atoms with Gasteiger partial charge in [-0.2, -0.15) is 5.10 Å². The first-order valence-electron chi connectivity index (χ1n) is 12.6. The number of ether oxygens (including phenoxy) is 1. The SMILES string of the molecule is CCNc1cc2c(cn1)c(C1CCCN(C)C1)nn2C1CCC(Oc2nccc(C)c2F)CC1. The number of hydrogen-bond acceptors (Lipinski definition) is 6. The summed E-state index contributed by atoms with van der Waals surface area (Å²) >= 11 is 0. The molecule has 7 nitrogen and oxygen atoms in total. The maximum atomic E-state index is 14.4. The Bertz CT molecular complexity index is 1140. The molecule has 2 fully saturated rings. The molecule has 5 rings (SSSR count). The Labute approximate surface area is 200 Å². The summed E-state index contributed by atoms with van der Waals surface area (Å²) in [6.45, 7) is 6.84. The van der Waals surface area contributed by atoms with Gasteiger partial charge in [0.15, 0.2) is 5.82 Å². The van der Waals surface area contributed by atoms with Crippen molar-refractivity contribution in [2.75, 3.05) is 32.0 Å². The third-order valence-electron chi connectivity index (χ3n) is 7.31. The van der Waals surface area contributed by atoms with Crippen LogP contribution in [0.5, 0.6) is 5.88 Å². The summed E-state index contributed by atoms with van der Waals surface area (Å²) in [6.07, 6.45) is 9.55. The monoisotopic (exact) mass is 466 g/mol. The molecule has 2 aliphatic rings. The first kappa shape index (κ1) is 23.0. The number of hydrogen-bond donors (Lipinski definition) is 1. The zero-order valence-electron chi connectivity index (χ0n) is 20.4. The predicted molar refractivity (Wildman–Crippen MR) is 132 cm³/mol. The van der Waals surface area contributed by atoms with Gasteiger partial charge >= 0.3 is 0 Å². The van der Waals surface area contributed by atoms with Crippen molar-refractivity contribution in [3.63, 3.8) is 0 Å². The van der Waals surface area contributed by atoms with Gasteiger partial charge in [-0.3, -0.25) is 4.68 Å². The predicted octanol–water partition coefficient (Wildman–Crippen LogP) is 5.08. The van der Waals surface area contributed by atoms with Gasteiger partial charge in [-0.1, -0.05) is 0 Å². The Balaban J connectivity index is 1.38. The summed E-state index contributed by atoms with van der Waals surface area (Å²) in [4.78, 5) is 11.2. The molecule has 3 aromatic rings. The van der Waals surface area contributed by atoms with Crippen LogP contribution in [0.1, 0.15) is 68.7 Å². The zero-order valence-corrected chi connectivity index (χ0v) is 20.4. The van der Waals surface area contributed by atoms with Crippen LogP contribution in [0.15, 0.2) is 24.5 Å². The highest BCUT2D eigenvalue weighted by Gasteiger charge is 2.30. The number of nitrogens with one attached hydrogen (secondary N) is 1. The molecule has 0 bridgehead atoms. The first-order chi connectivity index (χ1) is 16.5. The number of pyridine rings is 2. The normalized spacial score (nSPS) is 23.8.